The quantitative estimate of drug-likeness (QED) is 0.802. The van der Waals surface area contributed by atoms with Crippen molar-refractivity contribution in [2.75, 3.05) is 5.73 Å². The Balaban J connectivity index is 2.00. The third-order valence-corrected chi connectivity index (χ3v) is 4.95. The molecule has 0 bridgehead atoms. The van der Waals surface area contributed by atoms with Gasteiger partial charge in [-0.2, -0.15) is 5.10 Å². The zero-order valence-corrected chi connectivity index (χ0v) is 14.9. The van der Waals surface area contributed by atoms with Crippen LogP contribution in [0, 0.1) is 0 Å². The molecule has 0 radical (unpaired) electrons. The zero-order valence-electron chi connectivity index (χ0n) is 14.9. The largest absolute Gasteiger partial charge is 0.573 e. The van der Waals surface area contributed by atoms with E-state index in [0.717, 1.165) is 25.0 Å². The third-order valence-electron chi connectivity index (χ3n) is 4.95. The second-order valence-electron chi connectivity index (χ2n) is 6.79. The van der Waals surface area contributed by atoms with Gasteiger partial charge in [0.1, 0.15) is 0 Å². The number of rotatable bonds is 5. The maximum atomic E-state index is 12.6. The lowest BCUT2D eigenvalue weighted by Crippen LogP contribution is -2.18. The van der Waals surface area contributed by atoms with Crippen LogP contribution in [0.1, 0.15) is 63.6 Å². The van der Waals surface area contributed by atoms with Crippen LogP contribution in [0.3, 0.4) is 0 Å². The number of hydrogen-bond acceptors (Lipinski definition) is 4. The van der Waals surface area contributed by atoms with E-state index >= 15 is 0 Å². The van der Waals surface area contributed by atoms with Crippen molar-refractivity contribution in [3.8, 4) is 17.0 Å². The van der Waals surface area contributed by atoms with Gasteiger partial charge in [0.25, 0.3) is 0 Å². The first-order valence-corrected chi connectivity index (χ1v) is 8.89. The first-order chi connectivity index (χ1) is 12.3. The number of nitrogen functional groups attached to an aromatic ring is 1. The van der Waals surface area contributed by atoms with Gasteiger partial charge in [-0.3, -0.25) is 4.68 Å². The van der Waals surface area contributed by atoms with Gasteiger partial charge in [0.15, 0.2) is 11.6 Å². The van der Waals surface area contributed by atoms with Crippen molar-refractivity contribution in [2.45, 2.75) is 64.3 Å². The molecule has 3 rings (SSSR count). The molecule has 8 heteroatoms. The smallest absolute Gasteiger partial charge is 0.402 e. The van der Waals surface area contributed by atoms with Gasteiger partial charge in [-0.05, 0) is 38.3 Å². The van der Waals surface area contributed by atoms with Crippen molar-refractivity contribution in [3.05, 3.63) is 24.0 Å². The lowest BCUT2D eigenvalue weighted by Gasteiger charge is -2.17. The summed E-state index contributed by atoms with van der Waals surface area (Å²) >= 11 is 0. The van der Waals surface area contributed by atoms with Crippen LogP contribution in [-0.2, 0) is 0 Å². The van der Waals surface area contributed by atoms with Crippen molar-refractivity contribution in [3.63, 3.8) is 0 Å². The summed E-state index contributed by atoms with van der Waals surface area (Å²) in [7, 11) is 0. The monoisotopic (exact) mass is 368 g/mol. The SMILES string of the molecule is CCC(C)n1nc(-c2cnc(N)c(OC(F)(F)F)c2)cc1C1CCCC1. The van der Waals surface area contributed by atoms with Crippen LogP contribution in [0.15, 0.2) is 18.3 Å². The molecule has 2 aromatic rings. The van der Waals surface area contributed by atoms with E-state index in [-0.39, 0.29) is 11.9 Å². The topological polar surface area (TPSA) is 66.0 Å². The standard InChI is InChI=1S/C18H23F3N4O/c1-3-11(2)25-15(12-6-4-5-7-12)9-14(24-25)13-8-16(17(22)23-10-13)26-18(19,20)21/h8-12H,3-7H2,1-2H3,(H2,22,23). The lowest BCUT2D eigenvalue weighted by atomic mass is 10.0. The molecular weight excluding hydrogens is 345 g/mol. The van der Waals surface area contributed by atoms with Gasteiger partial charge >= 0.3 is 6.36 Å². The van der Waals surface area contributed by atoms with Crippen molar-refractivity contribution in [1.29, 1.82) is 0 Å². The molecule has 2 aromatic heterocycles. The van der Waals surface area contributed by atoms with E-state index in [1.54, 1.807) is 0 Å². The Bertz CT molecular complexity index is 766. The molecule has 1 saturated carbocycles. The Morgan fingerprint density at radius 2 is 2.00 bits per heavy atom. The Morgan fingerprint density at radius 1 is 1.31 bits per heavy atom. The second kappa shape index (κ2) is 7.17. The number of aromatic nitrogens is 3. The number of nitrogens with two attached hydrogens (primary N) is 1. The van der Waals surface area contributed by atoms with E-state index in [0.29, 0.717) is 17.2 Å². The average Bonchev–Trinajstić information content (AvgIpc) is 3.23. The van der Waals surface area contributed by atoms with Crippen molar-refractivity contribution in [1.82, 2.24) is 14.8 Å². The van der Waals surface area contributed by atoms with Crippen LogP contribution in [0.25, 0.3) is 11.3 Å². The van der Waals surface area contributed by atoms with Gasteiger partial charge in [-0.15, -0.1) is 13.2 Å². The maximum Gasteiger partial charge on any atom is 0.573 e. The van der Waals surface area contributed by atoms with E-state index in [9.17, 15) is 13.2 Å². The Morgan fingerprint density at radius 3 is 2.62 bits per heavy atom. The first kappa shape index (κ1) is 18.5. The second-order valence-corrected chi connectivity index (χ2v) is 6.79. The summed E-state index contributed by atoms with van der Waals surface area (Å²) in [5.74, 6) is -0.364. The number of anilines is 1. The number of alkyl halides is 3. The molecule has 0 aliphatic heterocycles. The van der Waals surface area contributed by atoms with Gasteiger partial charge in [0, 0.05) is 29.4 Å². The van der Waals surface area contributed by atoms with Crippen LogP contribution in [0.4, 0.5) is 19.0 Å². The van der Waals surface area contributed by atoms with Gasteiger partial charge in [0.05, 0.1) is 5.69 Å². The molecule has 1 aliphatic rings. The Kier molecular flexibility index (Phi) is 5.11. The minimum absolute atomic E-state index is 0.215. The maximum absolute atomic E-state index is 12.6. The number of ether oxygens (including phenoxy) is 1. The fraction of sp³-hybridized carbons (Fsp3) is 0.556. The summed E-state index contributed by atoms with van der Waals surface area (Å²) in [6, 6.07) is 3.43. The molecule has 0 aromatic carbocycles. The molecule has 5 nitrogen and oxygen atoms in total. The average molecular weight is 368 g/mol. The van der Waals surface area contributed by atoms with Gasteiger partial charge < -0.3 is 10.5 Å². The fourth-order valence-corrected chi connectivity index (χ4v) is 3.40. The summed E-state index contributed by atoms with van der Waals surface area (Å²) in [5.41, 5.74) is 7.71. The summed E-state index contributed by atoms with van der Waals surface area (Å²) < 4.78 is 43.6. The molecule has 0 spiro atoms. The van der Waals surface area contributed by atoms with Crippen LogP contribution in [0.5, 0.6) is 5.75 Å². The summed E-state index contributed by atoms with van der Waals surface area (Å²) in [6.45, 7) is 4.18. The number of nitrogens with zero attached hydrogens (tertiary/aromatic N) is 3. The molecule has 0 saturated heterocycles. The highest BCUT2D eigenvalue weighted by Crippen LogP contribution is 2.38. The van der Waals surface area contributed by atoms with Crippen molar-refractivity contribution >= 4 is 5.82 Å². The van der Waals surface area contributed by atoms with Crippen LogP contribution in [-0.4, -0.2) is 21.1 Å². The van der Waals surface area contributed by atoms with Crippen LogP contribution < -0.4 is 10.5 Å². The molecule has 2 heterocycles. The molecule has 26 heavy (non-hydrogen) atoms. The summed E-state index contributed by atoms with van der Waals surface area (Å²) in [6.07, 6.45) is 2.15. The van der Waals surface area contributed by atoms with E-state index < -0.39 is 12.1 Å². The first-order valence-electron chi connectivity index (χ1n) is 8.89. The van der Waals surface area contributed by atoms with Gasteiger partial charge in [-0.1, -0.05) is 19.8 Å². The molecule has 142 valence electrons. The minimum Gasteiger partial charge on any atom is -0.402 e. The molecular formula is C18H23F3N4O. The third kappa shape index (κ3) is 3.94. The highest BCUT2D eigenvalue weighted by Gasteiger charge is 2.32. The highest BCUT2D eigenvalue weighted by atomic mass is 19.4. The summed E-state index contributed by atoms with van der Waals surface area (Å²) in [5, 5.41) is 4.66. The molecule has 1 unspecified atom stereocenters. The van der Waals surface area contributed by atoms with E-state index in [1.165, 1.54) is 25.1 Å². The normalized spacial score (nSPS) is 16.8. The molecule has 0 amide bonds. The minimum atomic E-state index is -4.82. The van der Waals surface area contributed by atoms with Crippen molar-refractivity contribution in [2.24, 2.45) is 0 Å². The van der Waals surface area contributed by atoms with E-state index in [1.807, 2.05) is 10.7 Å². The number of hydrogen-bond donors (Lipinski definition) is 1. The molecule has 2 N–H and O–H groups in total. The number of halogens is 3. The molecule has 1 fully saturated rings. The number of pyridine rings is 1. The Hall–Kier alpha value is -2.25. The van der Waals surface area contributed by atoms with Crippen LogP contribution >= 0.6 is 0 Å². The molecule has 1 atom stereocenters. The lowest BCUT2D eigenvalue weighted by molar-refractivity contribution is -0.274. The van der Waals surface area contributed by atoms with Crippen LogP contribution in [0.2, 0.25) is 0 Å². The predicted octanol–water partition coefficient (Wildman–Crippen LogP) is 5.05. The van der Waals surface area contributed by atoms with E-state index in [2.05, 4.69) is 28.7 Å². The predicted molar refractivity (Wildman–Crippen MR) is 92.8 cm³/mol. The van der Waals surface area contributed by atoms with Gasteiger partial charge in [-0.25, -0.2) is 4.98 Å². The Labute approximate surface area is 150 Å². The fourth-order valence-electron chi connectivity index (χ4n) is 3.40. The van der Waals surface area contributed by atoms with E-state index in [4.69, 9.17) is 5.73 Å². The van der Waals surface area contributed by atoms with Crippen molar-refractivity contribution < 1.29 is 17.9 Å². The van der Waals surface area contributed by atoms with Gasteiger partial charge in [0.2, 0.25) is 0 Å². The summed E-state index contributed by atoms with van der Waals surface area (Å²) in [4.78, 5) is 3.84. The zero-order chi connectivity index (χ0) is 18.9. The highest BCUT2D eigenvalue weighted by molar-refractivity contribution is 5.64. The molecule has 1 aliphatic carbocycles.